The van der Waals surface area contributed by atoms with Gasteiger partial charge in [0.15, 0.2) is 0 Å². The highest BCUT2D eigenvalue weighted by Crippen LogP contribution is 2.40. The average Bonchev–Trinajstić information content (AvgIpc) is 2.66. The number of rotatable bonds is 1. The van der Waals surface area contributed by atoms with E-state index in [0.717, 1.165) is 17.8 Å². The molecule has 2 nitrogen and oxygen atoms in total. The van der Waals surface area contributed by atoms with Gasteiger partial charge < -0.3 is 10.6 Å². The third-order valence-electron chi connectivity index (χ3n) is 3.46. The minimum Gasteiger partial charge on any atom is -0.397 e. The summed E-state index contributed by atoms with van der Waals surface area (Å²) in [4.78, 5) is 2.35. The second-order valence-corrected chi connectivity index (χ2v) is 6.00. The van der Waals surface area contributed by atoms with Crippen molar-refractivity contribution in [3.8, 4) is 0 Å². The molecule has 0 radical (unpaired) electrons. The second kappa shape index (κ2) is 4.46. The second-order valence-electron chi connectivity index (χ2n) is 4.75. The van der Waals surface area contributed by atoms with E-state index in [9.17, 15) is 0 Å². The fourth-order valence-electron chi connectivity index (χ4n) is 2.68. The zero-order valence-electron chi connectivity index (χ0n) is 10.2. The van der Waals surface area contributed by atoms with Crippen molar-refractivity contribution >= 4 is 39.7 Å². The van der Waals surface area contributed by atoms with Crippen molar-refractivity contribution in [1.82, 2.24) is 0 Å². The molecule has 0 fully saturated rings. The fourth-order valence-corrected chi connectivity index (χ4v) is 3.19. The number of halogens is 1. The van der Waals surface area contributed by atoms with Gasteiger partial charge in [0.2, 0.25) is 0 Å². The molecule has 3 rings (SSSR count). The van der Waals surface area contributed by atoms with Crippen LogP contribution in [0.4, 0.5) is 17.1 Å². The fraction of sp³-hybridized carbons (Fsp3) is 0.200. The molecule has 1 aliphatic heterocycles. The van der Waals surface area contributed by atoms with Crippen LogP contribution in [0.15, 0.2) is 42.5 Å². The molecule has 92 valence electrons. The zero-order valence-corrected chi connectivity index (χ0v) is 12.4. The number of nitrogens with two attached hydrogens (primary N) is 1. The molecule has 0 saturated carbocycles. The lowest BCUT2D eigenvalue weighted by molar-refractivity contribution is 0.759. The van der Waals surface area contributed by atoms with Gasteiger partial charge in [0.05, 0.1) is 11.4 Å². The average molecular weight is 350 g/mol. The Morgan fingerprint density at radius 3 is 2.72 bits per heavy atom. The Hall–Kier alpha value is -1.23. The standard InChI is InChI=1S/C15H15IN2/c1-10-8-11-4-2-3-5-14(11)18(10)15-7-6-12(16)9-13(15)17/h2-7,9-10H,8,17H2,1H3. The highest BCUT2D eigenvalue weighted by Gasteiger charge is 2.27. The number of benzene rings is 2. The number of hydrogen-bond donors (Lipinski definition) is 1. The molecular weight excluding hydrogens is 335 g/mol. The van der Waals surface area contributed by atoms with E-state index in [0.29, 0.717) is 6.04 Å². The first-order valence-corrected chi connectivity index (χ1v) is 7.17. The Morgan fingerprint density at radius 1 is 1.17 bits per heavy atom. The molecule has 1 unspecified atom stereocenters. The Kier molecular flexibility index (Phi) is 2.93. The predicted molar refractivity (Wildman–Crippen MR) is 85.3 cm³/mol. The maximum Gasteiger partial charge on any atom is 0.0647 e. The molecule has 1 heterocycles. The lowest BCUT2D eigenvalue weighted by atomic mass is 10.1. The molecule has 0 aliphatic carbocycles. The van der Waals surface area contributed by atoms with E-state index in [4.69, 9.17) is 5.73 Å². The van der Waals surface area contributed by atoms with Crippen LogP contribution in [0.25, 0.3) is 0 Å². The van der Waals surface area contributed by atoms with Gasteiger partial charge in [-0.15, -0.1) is 0 Å². The van der Waals surface area contributed by atoms with Crippen LogP contribution in [-0.4, -0.2) is 6.04 Å². The van der Waals surface area contributed by atoms with Crippen molar-refractivity contribution in [2.75, 3.05) is 10.6 Å². The number of nitrogens with zero attached hydrogens (tertiary/aromatic N) is 1. The summed E-state index contributed by atoms with van der Waals surface area (Å²) in [6.45, 7) is 2.25. The van der Waals surface area contributed by atoms with Gasteiger partial charge in [-0.3, -0.25) is 0 Å². The summed E-state index contributed by atoms with van der Waals surface area (Å²) in [6, 6.07) is 15.3. The minimum absolute atomic E-state index is 0.463. The summed E-state index contributed by atoms with van der Waals surface area (Å²) in [5.74, 6) is 0. The first kappa shape index (κ1) is 11.8. The van der Waals surface area contributed by atoms with Crippen LogP contribution in [0.2, 0.25) is 0 Å². The number of anilines is 3. The van der Waals surface area contributed by atoms with Crippen LogP contribution in [0, 0.1) is 3.57 Å². The third kappa shape index (κ3) is 1.86. The van der Waals surface area contributed by atoms with E-state index in [1.165, 1.54) is 14.8 Å². The molecule has 2 aromatic carbocycles. The monoisotopic (exact) mass is 350 g/mol. The Morgan fingerprint density at radius 2 is 1.94 bits per heavy atom. The molecular formula is C15H15IN2. The molecule has 3 heteroatoms. The Balaban J connectivity index is 2.12. The molecule has 0 saturated heterocycles. The van der Waals surface area contributed by atoms with Gasteiger partial charge in [0.1, 0.15) is 0 Å². The first-order valence-electron chi connectivity index (χ1n) is 6.09. The zero-order chi connectivity index (χ0) is 12.7. The van der Waals surface area contributed by atoms with Crippen molar-refractivity contribution in [3.05, 3.63) is 51.6 Å². The number of nitrogen functional groups attached to an aromatic ring is 1. The first-order chi connectivity index (χ1) is 8.66. The number of para-hydroxylation sites is 1. The Bertz CT molecular complexity index is 595. The molecule has 1 aliphatic rings. The molecule has 0 spiro atoms. The minimum atomic E-state index is 0.463. The smallest absolute Gasteiger partial charge is 0.0647 e. The maximum atomic E-state index is 6.17. The highest BCUT2D eigenvalue weighted by molar-refractivity contribution is 14.1. The van der Waals surface area contributed by atoms with Gasteiger partial charge in [0.25, 0.3) is 0 Å². The summed E-state index contributed by atoms with van der Waals surface area (Å²) in [6.07, 6.45) is 1.08. The van der Waals surface area contributed by atoms with Gasteiger partial charge in [-0.2, -0.15) is 0 Å². The molecule has 0 aromatic heterocycles. The number of fused-ring (bicyclic) bond motifs is 1. The maximum absolute atomic E-state index is 6.17. The van der Waals surface area contributed by atoms with E-state index in [-0.39, 0.29) is 0 Å². The predicted octanol–water partition coefficient (Wildman–Crippen LogP) is 3.96. The van der Waals surface area contributed by atoms with Crippen LogP contribution < -0.4 is 10.6 Å². The summed E-state index contributed by atoms with van der Waals surface area (Å²) >= 11 is 2.29. The molecule has 2 N–H and O–H groups in total. The number of hydrogen-bond acceptors (Lipinski definition) is 2. The van der Waals surface area contributed by atoms with Crippen LogP contribution in [-0.2, 0) is 6.42 Å². The SMILES string of the molecule is CC1Cc2ccccc2N1c1ccc(I)cc1N. The molecule has 2 aromatic rings. The van der Waals surface area contributed by atoms with E-state index < -0.39 is 0 Å². The van der Waals surface area contributed by atoms with Gasteiger partial charge >= 0.3 is 0 Å². The van der Waals surface area contributed by atoms with E-state index in [1.807, 2.05) is 6.07 Å². The van der Waals surface area contributed by atoms with Crippen molar-refractivity contribution in [2.24, 2.45) is 0 Å². The lowest BCUT2D eigenvalue weighted by Gasteiger charge is -2.26. The summed E-state index contributed by atoms with van der Waals surface area (Å²) in [7, 11) is 0. The summed E-state index contributed by atoms with van der Waals surface area (Å²) < 4.78 is 1.17. The lowest BCUT2D eigenvalue weighted by Crippen LogP contribution is -2.24. The van der Waals surface area contributed by atoms with Crippen LogP contribution >= 0.6 is 22.6 Å². The van der Waals surface area contributed by atoms with Gasteiger partial charge in [-0.1, -0.05) is 18.2 Å². The molecule has 0 bridgehead atoms. The van der Waals surface area contributed by atoms with Crippen LogP contribution in [0.3, 0.4) is 0 Å². The van der Waals surface area contributed by atoms with Gasteiger partial charge in [-0.25, -0.2) is 0 Å². The van der Waals surface area contributed by atoms with E-state index in [1.54, 1.807) is 0 Å². The van der Waals surface area contributed by atoms with Crippen LogP contribution in [0.5, 0.6) is 0 Å². The quantitative estimate of drug-likeness (QED) is 0.623. The molecule has 1 atom stereocenters. The Labute approximate surface area is 121 Å². The van der Waals surface area contributed by atoms with Crippen molar-refractivity contribution in [2.45, 2.75) is 19.4 Å². The molecule has 0 amide bonds. The van der Waals surface area contributed by atoms with E-state index >= 15 is 0 Å². The van der Waals surface area contributed by atoms with Gasteiger partial charge in [-0.05, 0) is 65.8 Å². The summed E-state index contributed by atoms with van der Waals surface area (Å²) in [5.41, 5.74) is 10.8. The summed E-state index contributed by atoms with van der Waals surface area (Å²) in [5, 5.41) is 0. The van der Waals surface area contributed by atoms with Gasteiger partial charge in [0, 0.05) is 15.3 Å². The van der Waals surface area contributed by atoms with Crippen molar-refractivity contribution in [1.29, 1.82) is 0 Å². The topological polar surface area (TPSA) is 29.3 Å². The molecule has 18 heavy (non-hydrogen) atoms. The van der Waals surface area contributed by atoms with E-state index in [2.05, 4.69) is 70.8 Å². The van der Waals surface area contributed by atoms with Crippen molar-refractivity contribution in [3.63, 3.8) is 0 Å². The van der Waals surface area contributed by atoms with Crippen molar-refractivity contribution < 1.29 is 0 Å². The normalized spacial score (nSPS) is 17.9. The highest BCUT2D eigenvalue weighted by atomic mass is 127. The van der Waals surface area contributed by atoms with Crippen LogP contribution in [0.1, 0.15) is 12.5 Å². The largest absolute Gasteiger partial charge is 0.397 e. The third-order valence-corrected chi connectivity index (χ3v) is 4.13.